The molecule has 1 aromatic carbocycles. The van der Waals surface area contributed by atoms with Crippen LogP contribution in [0.2, 0.25) is 0 Å². The van der Waals surface area contributed by atoms with Gasteiger partial charge < -0.3 is 9.88 Å². The van der Waals surface area contributed by atoms with E-state index in [9.17, 15) is 4.79 Å². The molecule has 3 rings (SSSR count). The zero-order valence-corrected chi connectivity index (χ0v) is 11.2. The average Bonchev–Trinajstić information content (AvgIpc) is 2.88. The van der Waals surface area contributed by atoms with Gasteiger partial charge in [0.1, 0.15) is 0 Å². The highest BCUT2D eigenvalue weighted by Gasteiger charge is 2.23. The number of fused-ring (bicyclic) bond motifs is 1. The quantitative estimate of drug-likeness (QED) is 0.849. The van der Waals surface area contributed by atoms with Crippen LogP contribution in [0, 0.1) is 13.8 Å². The Kier molecular flexibility index (Phi) is 2.85. The fourth-order valence-corrected chi connectivity index (χ4v) is 2.44. The minimum absolute atomic E-state index is 0.100. The minimum Gasteiger partial charge on any atom is -0.347 e. The molecule has 0 aliphatic carbocycles. The van der Waals surface area contributed by atoms with E-state index in [1.807, 2.05) is 30.0 Å². The van der Waals surface area contributed by atoms with E-state index in [-0.39, 0.29) is 5.91 Å². The van der Waals surface area contributed by atoms with Gasteiger partial charge in [0.25, 0.3) is 5.91 Å². The molecule has 19 heavy (non-hydrogen) atoms. The number of nitrogens with zero attached hydrogens (tertiary/aromatic N) is 2. The molecule has 1 aromatic heterocycles. The molecule has 0 radical (unpaired) electrons. The summed E-state index contributed by atoms with van der Waals surface area (Å²) in [5.74, 6) is 0.100. The number of nitrogens with one attached hydrogen (secondary N) is 1. The standard InChI is InChI=1S/C15H17N3O/c1-10-3-4-12(7-11(10)2)15(19)18-6-5-13-14(8-18)17-9-16-13/h3-4,7,9H,5-6,8H2,1-2H3,(H,16,17). The number of amides is 1. The molecule has 0 bridgehead atoms. The Morgan fingerprint density at radius 2 is 2.16 bits per heavy atom. The van der Waals surface area contributed by atoms with Crippen molar-refractivity contribution in [3.63, 3.8) is 0 Å². The van der Waals surface area contributed by atoms with Crippen molar-refractivity contribution in [2.24, 2.45) is 0 Å². The van der Waals surface area contributed by atoms with E-state index in [2.05, 4.69) is 16.9 Å². The van der Waals surface area contributed by atoms with Crippen molar-refractivity contribution in [1.29, 1.82) is 0 Å². The highest BCUT2D eigenvalue weighted by atomic mass is 16.2. The molecule has 2 aromatic rings. The number of imidazole rings is 1. The molecule has 4 nitrogen and oxygen atoms in total. The number of carbonyl (C=O) groups excluding carboxylic acids is 1. The van der Waals surface area contributed by atoms with Crippen LogP contribution in [0.1, 0.15) is 32.9 Å². The average molecular weight is 255 g/mol. The lowest BCUT2D eigenvalue weighted by Crippen LogP contribution is -2.36. The lowest BCUT2D eigenvalue weighted by Gasteiger charge is -2.26. The van der Waals surface area contributed by atoms with E-state index < -0.39 is 0 Å². The maximum atomic E-state index is 12.5. The number of hydrogen-bond acceptors (Lipinski definition) is 2. The smallest absolute Gasteiger partial charge is 0.254 e. The molecule has 0 unspecified atom stereocenters. The van der Waals surface area contributed by atoms with Crippen molar-refractivity contribution < 1.29 is 4.79 Å². The number of aromatic nitrogens is 2. The zero-order chi connectivity index (χ0) is 13.4. The Labute approximate surface area is 112 Å². The van der Waals surface area contributed by atoms with Gasteiger partial charge in [-0.25, -0.2) is 4.98 Å². The molecule has 1 amide bonds. The second-order valence-corrected chi connectivity index (χ2v) is 5.10. The van der Waals surface area contributed by atoms with E-state index in [4.69, 9.17) is 0 Å². The summed E-state index contributed by atoms with van der Waals surface area (Å²) in [5, 5.41) is 0. The Morgan fingerprint density at radius 3 is 2.95 bits per heavy atom. The van der Waals surface area contributed by atoms with Gasteiger partial charge in [0.2, 0.25) is 0 Å². The topological polar surface area (TPSA) is 49.0 Å². The predicted molar refractivity (Wildman–Crippen MR) is 72.9 cm³/mol. The molecule has 4 heteroatoms. The first-order chi connectivity index (χ1) is 9.15. The van der Waals surface area contributed by atoms with E-state index in [1.54, 1.807) is 6.33 Å². The summed E-state index contributed by atoms with van der Waals surface area (Å²) in [5.41, 5.74) is 5.29. The first kappa shape index (κ1) is 12.0. The van der Waals surface area contributed by atoms with Gasteiger partial charge in [0.05, 0.1) is 24.3 Å². The lowest BCUT2D eigenvalue weighted by atomic mass is 10.0. The van der Waals surface area contributed by atoms with Crippen LogP contribution in [0.3, 0.4) is 0 Å². The fourth-order valence-electron chi connectivity index (χ4n) is 2.44. The van der Waals surface area contributed by atoms with Gasteiger partial charge in [0.15, 0.2) is 0 Å². The minimum atomic E-state index is 0.100. The second kappa shape index (κ2) is 4.53. The van der Waals surface area contributed by atoms with Gasteiger partial charge >= 0.3 is 0 Å². The third kappa shape index (κ3) is 2.14. The van der Waals surface area contributed by atoms with Gasteiger partial charge in [-0.05, 0) is 37.1 Å². The van der Waals surface area contributed by atoms with Gasteiger partial charge in [-0.15, -0.1) is 0 Å². The van der Waals surface area contributed by atoms with Crippen molar-refractivity contribution in [1.82, 2.24) is 14.9 Å². The van der Waals surface area contributed by atoms with Crippen LogP contribution in [0.25, 0.3) is 0 Å². The first-order valence-electron chi connectivity index (χ1n) is 6.53. The number of H-pyrrole nitrogens is 1. The summed E-state index contributed by atoms with van der Waals surface area (Å²) >= 11 is 0. The Morgan fingerprint density at radius 1 is 1.32 bits per heavy atom. The molecule has 0 saturated heterocycles. The van der Waals surface area contributed by atoms with Gasteiger partial charge in [-0.3, -0.25) is 4.79 Å². The summed E-state index contributed by atoms with van der Waals surface area (Å²) in [6.45, 7) is 5.46. The maximum absolute atomic E-state index is 12.5. The van der Waals surface area contributed by atoms with Gasteiger partial charge in [0, 0.05) is 18.5 Å². The van der Waals surface area contributed by atoms with Crippen LogP contribution < -0.4 is 0 Å². The van der Waals surface area contributed by atoms with Crippen molar-refractivity contribution >= 4 is 5.91 Å². The van der Waals surface area contributed by atoms with Crippen molar-refractivity contribution in [3.8, 4) is 0 Å². The Balaban J connectivity index is 1.83. The van der Waals surface area contributed by atoms with Crippen LogP contribution in [0.5, 0.6) is 0 Å². The van der Waals surface area contributed by atoms with Crippen LogP contribution in [-0.4, -0.2) is 27.3 Å². The van der Waals surface area contributed by atoms with Crippen molar-refractivity contribution in [2.45, 2.75) is 26.8 Å². The summed E-state index contributed by atoms with van der Waals surface area (Å²) in [4.78, 5) is 21.7. The highest BCUT2D eigenvalue weighted by Crippen LogP contribution is 2.18. The largest absolute Gasteiger partial charge is 0.347 e. The van der Waals surface area contributed by atoms with Gasteiger partial charge in [-0.1, -0.05) is 6.07 Å². The number of aryl methyl sites for hydroxylation is 2. The highest BCUT2D eigenvalue weighted by molar-refractivity contribution is 5.94. The molecule has 1 aliphatic rings. The molecule has 1 N–H and O–H groups in total. The molecule has 1 aliphatic heterocycles. The molecular weight excluding hydrogens is 238 g/mol. The van der Waals surface area contributed by atoms with E-state index >= 15 is 0 Å². The third-order valence-corrected chi connectivity index (χ3v) is 3.82. The molecule has 0 fully saturated rings. The van der Waals surface area contributed by atoms with Gasteiger partial charge in [-0.2, -0.15) is 0 Å². The van der Waals surface area contributed by atoms with E-state index in [1.165, 1.54) is 5.56 Å². The molecule has 0 spiro atoms. The number of aromatic amines is 1. The summed E-state index contributed by atoms with van der Waals surface area (Å²) in [6, 6.07) is 5.89. The van der Waals surface area contributed by atoms with E-state index in [0.29, 0.717) is 6.54 Å². The Hall–Kier alpha value is -2.10. The normalized spacial score (nSPS) is 14.3. The van der Waals surface area contributed by atoms with Crippen LogP contribution in [0.15, 0.2) is 24.5 Å². The summed E-state index contributed by atoms with van der Waals surface area (Å²) in [7, 11) is 0. The SMILES string of the molecule is Cc1ccc(C(=O)N2CCc3nc[nH]c3C2)cc1C. The second-order valence-electron chi connectivity index (χ2n) is 5.10. The van der Waals surface area contributed by atoms with Crippen LogP contribution in [0.4, 0.5) is 0 Å². The molecule has 2 heterocycles. The summed E-state index contributed by atoms with van der Waals surface area (Å²) in [6.07, 6.45) is 2.53. The number of carbonyl (C=O) groups is 1. The third-order valence-electron chi connectivity index (χ3n) is 3.82. The number of rotatable bonds is 1. The Bertz CT molecular complexity index is 630. The van der Waals surface area contributed by atoms with E-state index in [0.717, 1.165) is 35.5 Å². The fraction of sp³-hybridized carbons (Fsp3) is 0.333. The van der Waals surface area contributed by atoms with Crippen molar-refractivity contribution in [2.75, 3.05) is 6.54 Å². The molecule has 0 saturated carbocycles. The summed E-state index contributed by atoms with van der Waals surface area (Å²) < 4.78 is 0. The number of benzene rings is 1. The van der Waals surface area contributed by atoms with Crippen LogP contribution >= 0.6 is 0 Å². The predicted octanol–water partition coefficient (Wildman–Crippen LogP) is 2.23. The maximum Gasteiger partial charge on any atom is 0.254 e. The van der Waals surface area contributed by atoms with Crippen molar-refractivity contribution in [3.05, 3.63) is 52.6 Å². The van der Waals surface area contributed by atoms with Crippen LogP contribution in [-0.2, 0) is 13.0 Å². The first-order valence-corrected chi connectivity index (χ1v) is 6.53. The number of hydrogen-bond donors (Lipinski definition) is 1. The molecule has 98 valence electrons. The molecule has 0 atom stereocenters. The zero-order valence-electron chi connectivity index (χ0n) is 11.2. The molecular formula is C15H17N3O. The lowest BCUT2D eigenvalue weighted by molar-refractivity contribution is 0.0732. The monoisotopic (exact) mass is 255 g/mol.